The summed E-state index contributed by atoms with van der Waals surface area (Å²) in [6.07, 6.45) is 6.05. The molecular formula is C35H47BO6. The van der Waals surface area contributed by atoms with Gasteiger partial charge in [-0.3, -0.25) is 0 Å². The van der Waals surface area contributed by atoms with Gasteiger partial charge in [-0.1, -0.05) is 55.5 Å². The summed E-state index contributed by atoms with van der Waals surface area (Å²) in [7, 11) is 0.531. The lowest BCUT2D eigenvalue weighted by Gasteiger charge is -2.32. The monoisotopic (exact) mass is 574 g/mol. The first-order chi connectivity index (χ1) is 20.1. The van der Waals surface area contributed by atoms with Crippen LogP contribution in [0.15, 0.2) is 86.0 Å². The molecule has 42 heavy (non-hydrogen) atoms. The summed E-state index contributed by atoms with van der Waals surface area (Å²) in [6, 6.07) is 19.7. The summed E-state index contributed by atoms with van der Waals surface area (Å²) in [5.74, 6) is 0.902. The normalized spacial score (nSPS) is 14.6. The maximum atomic E-state index is 10.7. The fraction of sp³-hybridized carbons (Fsp3) is 0.371. The maximum Gasteiger partial charge on any atom is 0.495 e. The second-order valence-electron chi connectivity index (χ2n) is 11.0. The minimum Gasteiger partial charge on any atom is -0.507 e. The number of benzene rings is 3. The fourth-order valence-electron chi connectivity index (χ4n) is 4.32. The zero-order chi connectivity index (χ0) is 31.3. The summed E-state index contributed by atoms with van der Waals surface area (Å²) in [5.41, 5.74) is 4.84. The number of phenolic OH excluding ortho intramolecular Hbond substituents is 1. The lowest BCUT2D eigenvalue weighted by atomic mass is 9.76. The number of phenols is 1. The van der Waals surface area contributed by atoms with Crippen LogP contribution in [0.2, 0.25) is 0 Å². The standard InChI is InChI=1S/C31H35BO4.C3H8O.CH4O/c1-7-11-22-15-17-28(33)25(19-22)26-20-23(12-8-2)16-18-29(26)34-21-24-13-9-10-14-27(24)32-35-30(3,4)31(5,6)36-32;1-2-3-4;1-2/h7-10,13-20,33H,1-2,11-12,21H2,3-6H3;4H,2-3H2,1H3;2H,1H3. The second-order valence-corrected chi connectivity index (χ2v) is 11.0. The summed E-state index contributed by atoms with van der Waals surface area (Å²) in [4.78, 5) is 0. The molecule has 0 aromatic heterocycles. The van der Waals surface area contributed by atoms with Crippen molar-refractivity contribution in [2.75, 3.05) is 13.7 Å². The van der Waals surface area contributed by atoms with E-state index in [1.54, 1.807) is 6.07 Å². The Morgan fingerprint density at radius 2 is 1.36 bits per heavy atom. The van der Waals surface area contributed by atoms with Crippen LogP contribution in [0.3, 0.4) is 0 Å². The molecule has 0 spiro atoms. The van der Waals surface area contributed by atoms with Crippen molar-refractivity contribution >= 4 is 12.6 Å². The third-order valence-corrected chi connectivity index (χ3v) is 7.32. The summed E-state index contributed by atoms with van der Waals surface area (Å²) in [6.45, 7) is 18.5. The number of aliphatic hydroxyl groups excluding tert-OH is 2. The van der Waals surface area contributed by atoms with Gasteiger partial charge in [0.1, 0.15) is 18.1 Å². The topological polar surface area (TPSA) is 88.4 Å². The minimum absolute atomic E-state index is 0.209. The van der Waals surface area contributed by atoms with Crippen molar-refractivity contribution in [3.63, 3.8) is 0 Å². The SMILES string of the molecule is C=CCc1ccc(O)c(-c2cc(CC=C)ccc2OCc2ccccc2B2OC(C)(C)C(C)(C)O2)c1.CCCO.CO. The van der Waals surface area contributed by atoms with Crippen molar-refractivity contribution in [1.82, 2.24) is 0 Å². The molecule has 0 unspecified atom stereocenters. The van der Waals surface area contributed by atoms with Gasteiger partial charge in [-0.15, -0.1) is 13.2 Å². The Bertz CT molecular complexity index is 1280. The highest BCUT2D eigenvalue weighted by Crippen LogP contribution is 2.39. The first kappa shape index (κ1) is 34.8. The van der Waals surface area contributed by atoms with Crippen LogP contribution in [-0.2, 0) is 28.8 Å². The van der Waals surface area contributed by atoms with E-state index in [-0.39, 0.29) is 5.75 Å². The van der Waals surface area contributed by atoms with Crippen LogP contribution in [-0.4, -0.2) is 47.4 Å². The van der Waals surface area contributed by atoms with Crippen molar-refractivity contribution in [2.45, 2.75) is 71.7 Å². The smallest absolute Gasteiger partial charge is 0.495 e. The van der Waals surface area contributed by atoms with E-state index in [9.17, 15) is 5.11 Å². The van der Waals surface area contributed by atoms with Gasteiger partial charge in [-0.25, -0.2) is 0 Å². The van der Waals surface area contributed by atoms with Crippen LogP contribution in [0, 0.1) is 0 Å². The van der Waals surface area contributed by atoms with Crippen molar-refractivity contribution in [2.24, 2.45) is 0 Å². The van der Waals surface area contributed by atoms with Gasteiger partial charge in [0.05, 0.1) is 11.2 Å². The molecule has 0 bridgehead atoms. The average molecular weight is 575 g/mol. The lowest BCUT2D eigenvalue weighted by Crippen LogP contribution is -2.41. The third-order valence-electron chi connectivity index (χ3n) is 7.32. The summed E-state index contributed by atoms with van der Waals surface area (Å²) in [5, 5.41) is 25.6. The molecule has 3 aromatic rings. The Kier molecular flexibility index (Phi) is 13.5. The Labute approximate surface area is 252 Å². The Morgan fingerprint density at radius 3 is 1.90 bits per heavy atom. The van der Waals surface area contributed by atoms with E-state index >= 15 is 0 Å². The zero-order valence-corrected chi connectivity index (χ0v) is 26.0. The maximum absolute atomic E-state index is 10.7. The van der Waals surface area contributed by atoms with Crippen LogP contribution >= 0.6 is 0 Å². The molecular weight excluding hydrogens is 527 g/mol. The molecule has 6 nitrogen and oxygen atoms in total. The predicted octanol–water partition coefficient (Wildman–Crippen LogP) is 6.39. The van der Waals surface area contributed by atoms with Crippen molar-refractivity contribution in [1.29, 1.82) is 0 Å². The van der Waals surface area contributed by atoms with Gasteiger partial charge >= 0.3 is 7.12 Å². The van der Waals surface area contributed by atoms with Gasteiger partial charge in [0.2, 0.25) is 0 Å². The van der Waals surface area contributed by atoms with E-state index in [2.05, 4.69) is 46.9 Å². The number of rotatable bonds is 10. The van der Waals surface area contributed by atoms with Gasteiger partial charge < -0.3 is 29.4 Å². The third kappa shape index (κ3) is 8.82. The molecule has 1 aliphatic rings. The first-order valence-corrected chi connectivity index (χ1v) is 14.4. The molecule has 4 rings (SSSR count). The zero-order valence-electron chi connectivity index (χ0n) is 26.0. The van der Waals surface area contributed by atoms with Crippen LogP contribution in [0.1, 0.15) is 57.7 Å². The molecule has 0 aliphatic carbocycles. The molecule has 3 N–H and O–H groups in total. The van der Waals surface area contributed by atoms with E-state index in [0.29, 0.717) is 19.0 Å². The lowest BCUT2D eigenvalue weighted by molar-refractivity contribution is 0.00578. The van der Waals surface area contributed by atoms with Crippen molar-refractivity contribution < 1.29 is 29.4 Å². The van der Waals surface area contributed by atoms with Crippen molar-refractivity contribution in [3.05, 3.63) is 103 Å². The highest BCUT2D eigenvalue weighted by atomic mass is 16.7. The number of aliphatic hydroxyl groups is 2. The average Bonchev–Trinajstić information content (AvgIpc) is 3.21. The van der Waals surface area contributed by atoms with Gasteiger partial charge in [0.25, 0.3) is 0 Å². The molecule has 1 heterocycles. The molecule has 1 fully saturated rings. The van der Waals surface area contributed by atoms with E-state index in [1.807, 2.05) is 67.6 Å². The van der Waals surface area contributed by atoms with Gasteiger partial charge in [0.15, 0.2) is 0 Å². The second kappa shape index (κ2) is 16.3. The van der Waals surface area contributed by atoms with E-state index in [0.717, 1.165) is 59.7 Å². The van der Waals surface area contributed by atoms with E-state index in [4.69, 9.17) is 24.3 Å². The number of aromatic hydroxyl groups is 1. The molecule has 1 aliphatic heterocycles. The van der Waals surface area contributed by atoms with Crippen LogP contribution < -0.4 is 10.2 Å². The molecule has 0 atom stereocenters. The number of hydrogen-bond donors (Lipinski definition) is 3. The van der Waals surface area contributed by atoms with Crippen LogP contribution in [0.25, 0.3) is 11.1 Å². The van der Waals surface area contributed by atoms with Gasteiger partial charge in [-0.2, -0.15) is 0 Å². The quantitative estimate of drug-likeness (QED) is 0.192. The largest absolute Gasteiger partial charge is 0.507 e. The molecule has 0 saturated carbocycles. The Balaban J connectivity index is 0.000000947. The molecule has 3 aromatic carbocycles. The molecule has 226 valence electrons. The van der Waals surface area contributed by atoms with Crippen molar-refractivity contribution in [3.8, 4) is 22.6 Å². The number of hydrogen-bond acceptors (Lipinski definition) is 6. The van der Waals surface area contributed by atoms with E-state index in [1.165, 1.54) is 0 Å². The molecule has 1 saturated heterocycles. The molecule has 0 radical (unpaired) electrons. The van der Waals surface area contributed by atoms with E-state index < -0.39 is 18.3 Å². The van der Waals surface area contributed by atoms with Gasteiger partial charge in [0, 0.05) is 24.8 Å². The highest BCUT2D eigenvalue weighted by Gasteiger charge is 2.52. The molecule has 7 heteroatoms. The van der Waals surface area contributed by atoms with Crippen LogP contribution in [0.5, 0.6) is 11.5 Å². The summed E-state index contributed by atoms with van der Waals surface area (Å²) < 4.78 is 19.0. The molecule has 0 amide bonds. The Hall–Kier alpha value is -3.36. The number of ether oxygens (including phenoxy) is 1. The predicted molar refractivity (Wildman–Crippen MR) is 173 cm³/mol. The first-order valence-electron chi connectivity index (χ1n) is 14.4. The minimum atomic E-state index is -0.469. The van der Waals surface area contributed by atoms with Gasteiger partial charge in [-0.05, 0) is 93.4 Å². The fourth-order valence-corrected chi connectivity index (χ4v) is 4.32. The summed E-state index contributed by atoms with van der Waals surface area (Å²) >= 11 is 0. The number of allylic oxidation sites excluding steroid dienone is 2. The van der Waals surface area contributed by atoms with Crippen LogP contribution in [0.4, 0.5) is 0 Å². The Morgan fingerprint density at radius 1 is 0.833 bits per heavy atom. The highest BCUT2D eigenvalue weighted by molar-refractivity contribution is 6.62.